The van der Waals surface area contributed by atoms with Gasteiger partial charge < -0.3 is 24.8 Å². The molecule has 138 valence electrons. The van der Waals surface area contributed by atoms with E-state index in [1.165, 1.54) is 5.69 Å². The molecular weight excluding hydrogens is 342 g/mol. The van der Waals surface area contributed by atoms with Crippen molar-refractivity contribution in [1.29, 1.82) is 0 Å². The van der Waals surface area contributed by atoms with E-state index < -0.39 is 0 Å². The van der Waals surface area contributed by atoms with E-state index in [1.807, 2.05) is 23.0 Å². The van der Waals surface area contributed by atoms with Crippen LogP contribution in [-0.4, -0.2) is 53.4 Å². The Morgan fingerprint density at radius 3 is 2.78 bits per heavy atom. The normalized spacial score (nSPS) is 19.4. The van der Waals surface area contributed by atoms with Crippen molar-refractivity contribution >= 4 is 29.1 Å². The van der Waals surface area contributed by atoms with Crippen molar-refractivity contribution in [2.45, 2.75) is 5.92 Å². The van der Waals surface area contributed by atoms with Crippen molar-refractivity contribution in [3.05, 3.63) is 48.5 Å². The number of rotatable bonds is 4. The summed E-state index contributed by atoms with van der Waals surface area (Å²) in [7, 11) is 0. The number of morpholine rings is 1. The predicted octanol–water partition coefficient (Wildman–Crippen LogP) is 1.98. The molecule has 5 rings (SSSR count). The zero-order chi connectivity index (χ0) is 18.1. The molecule has 2 aromatic heterocycles. The number of nitrogens with zero attached hydrogens (tertiary/aromatic N) is 5. The highest BCUT2D eigenvalue weighted by atomic mass is 16.5. The number of hydrogen-bond acceptors (Lipinski definition) is 7. The number of fused-ring (bicyclic) bond motifs is 1. The molecule has 0 spiro atoms. The molecule has 1 fully saturated rings. The molecule has 8 heteroatoms. The molecule has 8 nitrogen and oxygen atoms in total. The van der Waals surface area contributed by atoms with Crippen molar-refractivity contribution in [3.63, 3.8) is 0 Å². The summed E-state index contributed by atoms with van der Waals surface area (Å²) in [6, 6.07) is 8.43. The molecule has 0 bridgehead atoms. The fourth-order valence-corrected chi connectivity index (χ4v) is 3.45. The van der Waals surface area contributed by atoms with Crippen molar-refractivity contribution in [2.24, 2.45) is 5.10 Å². The highest BCUT2D eigenvalue weighted by molar-refractivity contribution is 5.73. The van der Waals surface area contributed by atoms with Crippen LogP contribution < -0.4 is 15.6 Å². The zero-order valence-electron chi connectivity index (χ0n) is 14.9. The summed E-state index contributed by atoms with van der Waals surface area (Å²) in [6.07, 6.45) is 7.63. The van der Waals surface area contributed by atoms with Crippen LogP contribution in [0, 0.1) is 0 Å². The summed E-state index contributed by atoms with van der Waals surface area (Å²) in [6.45, 7) is 4.20. The van der Waals surface area contributed by atoms with Gasteiger partial charge in [-0.1, -0.05) is 0 Å². The van der Waals surface area contributed by atoms with E-state index in [1.54, 1.807) is 6.20 Å². The molecule has 1 atom stereocenters. The molecule has 0 saturated carbocycles. The van der Waals surface area contributed by atoms with Crippen molar-refractivity contribution in [2.75, 3.05) is 43.1 Å². The minimum atomic E-state index is 0.168. The number of ether oxygens (including phenoxy) is 1. The SMILES string of the molecule is C1=NNCC1c1cn2ccnc2c(Nc2ccc(N3CCOCC3)cc2)n1. The average Bonchev–Trinajstić information content (AvgIpc) is 3.41. The summed E-state index contributed by atoms with van der Waals surface area (Å²) in [5.74, 6) is 0.915. The molecule has 1 saturated heterocycles. The van der Waals surface area contributed by atoms with E-state index in [2.05, 4.69) is 50.0 Å². The van der Waals surface area contributed by atoms with Gasteiger partial charge in [-0.2, -0.15) is 5.10 Å². The Balaban J connectivity index is 1.42. The number of nitrogens with one attached hydrogen (secondary N) is 2. The van der Waals surface area contributed by atoms with Crippen molar-refractivity contribution in [3.8, 4) is 0 Å². The second kappa shape index (κ2) is 6.88. The van der Waals surface area contributed by atoms with Crippen LogP contribution in [-0.2, 0) is 4.74 Å². The maximum Gasteiger partial charge on any atom is 0.180 e. The average molecular weight is 363 g/mol. The number of hydrogen-bond donors (Lipinski definition) is 2. The first-order chi connectivity index (χ1) is 13.4. The van der Waals surface area contributed by atoms with Gasteiger partial charge in [-0.25, -0.2) is 9.97 Å². The number of benzene rings is 1. The molecule has 1 unspecified atom stereocenters. The molecule has 0 radical (unpaired) electrons. The van der Waals surface area contributed by atoms with Gasteiger partial charge in [-0.3, -0.25) is 0 Å². The van der Waals surface area contributed by atoms with E-state index in [9.17, 15) is 0 Å². The van der Waals surface area contributed by atoms with Gasteiger partial charge in [-0.15, -0.1) is 0 Å². The first-order valence-electron chi connectivity index (χ1n) is 9.16. The van der Waals surface area contributed by atoms with Gasteiger partial charge in [0.05, 0.1) is 24.8 Å². The molecule has 2 aliphatic heterocycles. The molecule has 1 aromatic carbocycles. The van der Waals surface area contributed by atoms with E-state index in [4.69, 9.17) is 9.72 Å². The van der Waals surface area contributed by atoms with Gasteiger partial charge in [0.15, 0.2) is 11.5 Å². The third-order valence-electron chi connectivity index (χ3n) is 4.94. The molecule has 0 amide bonds. The Hall–Kier alpha value is -3.13. The van der Waals surface area contributed by atoms with Crippen LogP contribution in [0.4, 0.5) is 17.2 Å². The smallest absolute Gasteiger partial charge is 0.180 e. The largest absolute Gasteiger partial charge is 0.378 e. The maximum atomic E-state index is 5.43. The summed E-state index contributed by atoms with van der Waals surface area (Å²) in [5, 5.41) is 7.53. The topological polar surface area (TPSA) is 79.1 Å². The minimum absolute atomic E-state index is 0.168. The number of anilines is 3. The number of hydrazone groups is 1. The standard InChI is InChI=1S/C19H21N7O/c1-3-16(25-7-9-27-10-8-25)4-2-15(1)23-18-19-20-5-6-26(19)13-17(24-18)14-11-21-22-12-14/h1-6,11,13-14,22H,7-10,12H2,(H,23,24). The molecule has 3 aromatic rings. The van der Waals surface area contributed by atoms with Crippen LogP contribution in [0.3, 0.4) is 0 Å². The summed E-state index contributed by atoms with van der Waals surface area (Å²) in [5.41, 5.74) is 6.95. The van der Waals surface area contributed by atoms with E-state index >= 15 is 0 Å². The first kappa shape index (κ1) is 16.1. The van der Waals surface area contributed by atoms with Crippen molar-refractivity contribution in [1.82, 2.24) is 19.8 Å². The Morgan fingerprint density at radius 1 is 1.15 bits per heavy atom. The summed E-state index contributed by atoms with van der Waals surface area (Å²) >= 11 is 0. The lowest BCUT2D eigenvalue weighted by Gasteiger charge is -2.28. The van der Waals surface area contributed by atoms with E-state index in [-0.39, 0.29) is 5.92 Å². The quantitative estimate of drug-likeness (QED) is 0.738. The van der Waals surface area contributed by atoms with Gasteiger partial charge in [0.1, 0.15) is 0 Å². The molecule has 0 aliphatic carbocycles. The van der Waals surface area contributed by atoms with Crippen molar-refractivity contribution < 1.29 is 4.74 Å². The van der Waals surface area contributed by atoms with E-state index in [0.29, 0.717) is 0 Å². The van der Waals surface area contributed by atoms with Crippen LogP contribution in [0.1, 0.15) is 11.6 Å². The molecule has 2 N–H and O–H groups in total. The Morgan fingerprint density at radius 2 is 2.00 bits per heavy atom. The lowest BCUT2D eigenvalue weighted by Crippen LogP contribution is -2.36. The molecule has 2 aliphatic rings. The molecule has 4 heterocycles. The van der Waals surface area contributed by atoms with Crippen LogP contribution in [0.15, 0.2) is 48.0 Å². The summed E-state index contributed by atoms with van der Waals surface area (Å²) < 4.78 is 7.42. The van der Waals surface area contributed by atoms with Gasteiger partial charge >= 0.3 is 0 Å². The Kier molecular flexibility index (Phi) is 4.10. The molecule has 27 heavy (non-hydrogen) atoms. The minimum Gasteiger partial charge on any atom is -0.378 e. The van der Waals surface area contributed by atoms with Gasteiger partial charge in [0.2, 0.25) is 0 Å². The second-order valence-electron chi connectivity index (χ2n) is 6.69. The highest BCUT2D eigenvalue weighted by Gasteiger charge is 2.18. The lowest BCUT2D eigenvalue weighted by molar-refractivity contribution is 0.122. The fourth-order valence-electron chi connectivity index (χ4n) is 3.45. The number of imidazole rings is 1. The molecular formula is C19H21N7O. The second-order valence-corrected chi connectivity index (χ2v) is 6.69. The Bertz CT molecular complexity index is 960. The van der Waals surface area contributed by atoms with Crippen LogP contribution in [0.2, 0.25) is 0 Å². The summed E-state index contributed by atoms with van der Waals surface area (Å²) in [4.78, 5) is 11.6. The van der Waals surface area contributed by atoms with E-state index in [0.717, 1.165) is 55.7 Å². The third-order valence-corrected chi connectivity index (χ3v) is 4.94. The zero-order valence-corrected chi connectivity index (χ0v) is 14.9. The monoisotopic (exact) mass is 363 g/mol. The van der Waals surface area contributed by atoms with Gasteiger partial charge in [0, 0.05) is 55.8 Å². The predicted molar refractivity (Wildman–Crippen MR) is 105 cm³/mol. The maximum absolute atomic E-state index is 5.43. The third kappa shape index (κ3) is 3.19. The fraction of sp³-hybridized carbons (Fsp3) is 0.316. The van der Waals surface area contributed by atoms with Crippen LogP contribution in [0.5, 0.6) is 0 Å². The lowest BCUT2D eigenvalue weighted by atomic mass is 10.1. The Labute approximate surface area is 156 Å². The number of aromatic nitrogens is 3. The van der Waals surface area contributed by atoms with Gasteiger partial charge in [-0.05, 0) is 24.3 Å². The van der Waals surface area contributed by atoms with Crippen LogP contribution in [0.25, 0.3) is 5.65 Å². The highest BCUT2D eigenvalue weighted by Crippen LogP contribution is 2.25. The van der Waals surface area contributed by atoms with Gasteiger partial charge in [0.25, 0.3) is 0 Å². The van der Waals surface area contributed by atoms with Crippen LogP contribution >= 0.6 is 0 Å². The first-order valence-corrected chi connectivity index (χ1v) is 9.16.